The van der Waals surface area contributed by atoms with Crippen molar-refractivity contribution >= 4 is 5.97 Å². The Bertz CT molecular complexity index is 213. The van der Waals surface area contributed by atoms with Crippen LogP contribution in [0.25, 0.3) is 0 Å². The van der Waals surface area contributed by atoms with Crippen LogP contribution in [0.4, 0.5) is 0 Å². The third-order valence-electron chi connectivity index (χ3n) is 2.76. The van der Waals surface area contributed by atoms with Gasteiger partial charge >= 0.3 is 5.97 Å². The molecule has 1 atom stereocenters. The van der Waals surface area contributed by atoms with Crippen molar-refractivity contribution < 1.29 is 14.3 Å². The van der Waals surface area contributed by atoms with Gasteiger partial charge in [-0.3, -0.25) is 0 Å². The third-order valence-corrected chi connectivity index (χ3v) is 2.76. The van der Waals surface area contributed by atoms with Gasteiger partial charge in [-0.05, 0) is 13.3 Å². The molecule has 2 saturated heterocycles. The number of nitrogens with one attached hydrogen (secondary N) is 1. The molecule has 0 radical (unpaired) electrons. The molecule has 1 spiro atoms. The van der Waals surface area contributed by atoms with E-state index in [0.29, 0.717) is 13.2 Å². The molecule has 0 amide bonds. The van der Waals surface area contributed by atoms with Gasteiger partial charge in [-0.2, -0.15) is 0 Å². The van der Waals surface area contributed by atoms with E-state index >= 15 is 0 Å². The Kier molecular flexibility index (Phi) is 2.26. The smallest absolute Gasteiger partial charge is 0.335 e. The maximum Gasteiger partial charge on any atom is 0.335 e. The number of hydrogen-bond donors (Lipinski definition) is 1. The van der Waals surface area contributed by atoms with E-state index in [4.69, 9.17) is 9.47 Å². The predicted molar refractivity (Wildman–Crippen MR) is 46.3 cm³/mol. The zero-order valence-corrected chi connectivity index (χ0v) is 7.84. The van der Waals surface area contributed by atoms with Crippen molar-refractivity contribution in [2.24, 2.45) is 5.41 Å². The second kappa shape index (κ2) is 3.27. The summed E-state index contributed by atoms with van der Waals surface area (Å²) in [5.41, 5.74) is 0.234. The lowest BCUT2D eigenvalue weighted by atomic mass is 9.80. The Labute approximate surface area is 77.6 Å². The molecule has 74 valence electrons. The van der Waals surface area contributed by atoms with Crippen LogP contribution in [0.15, 0.2) is 0 Å². The van der Waals surface area contributed by atoms with E-state index in [1.165, 1.54) is 0 Å². The van der Waals surface area contributed by atoms with Gasteiger partial charge in [0.25, 0.3) is 0 Å². The van der Waals surface area contributed by atoms with Crippen molar-refractivity contribution in [3.05, 3.63) is 0 Å². The van der Waals surface area contributed by atoms with Crippen LogP contribution in [0.1, 0.15) is 13.3 Å². The molecular weight excluding hydrogens is 170 g/mol. The average molecular weight is 185 g/mol. The zero-order valence-electron chi connectivity index (χ0n) is 7.84. The fourth-order valence-electron chi connectivity index (χ4n) is 1.90. The van der Waals surface area contributed by atoms with Crippen molar-refractivity contribution in [1.29, 1.82) is 0 Å². The van der Waals surface area contributed by atoms with Gasteiger partial charge in [0.2, 0.25) is 0 Å². The summed E-state index contributed by atoms with van der Waals surface area (Å²) in [6, 6.07) is 0. The van der Waals surface area contributed by atoms with Crippen LogP contribution in [0.5, 0.6) is 0 Å². The normalized spacial score (nSPS) is 30.1. The molecule has 2 fully saturated rings. The van der Waals surface area contributed by atoms with Crippen LogP contribution >= 0.6 is 0 Å². The summed E-state index contributed by atoms with van der Waals surface area (Å²) >= 11 is 0. The van der Waals surface area contributed by atoms with Crippen molar-refractivity contribution in [2.75, 3.05) is 26.3 Å². The molecular formula is C9H15NO3. The zero-order chi connectivity index (χ0) is 9.31. The quantitative estimate of drug-likeness (QED) is 0.612. The van der Waals surface area contributed by atoms with Crippen LogP contribution in [0.2, 0.25) is 0 Å². The minimum Gasteiger partial charge on any atom is -0.464 e. The number of carbonyl (C=O) groups is 1. The van der Waals surface area contributed by atoms with Gasteiger partial charge in [-0.15, -0.1) is 0 Å². The highest BCUT2D eigenvalue weighted by atomic mass is 16.6. The van der Waals surface area contributed by atoms with Gasteiger partial charge in [0, 0.05) is 18.5 Å². The summed E-state index contributed by atoms with van der Waals surface area (Å²) in [7, 11) is 0. The molecule has 0 bridgehead atoms. The van der Waals surface area contributed by atoms with E-state index in [0.717, 1.165) is 19.5 Å². The average Bonchev–Trinajstić information content (AvgIpc) is 2.47. The third kappa shape index (κ3) is 1.56. The standard InChI is InChI=1S/C9H15NO3/c1-2-12-8(11)7-3-9(6-13-7)4-10-5-9/h7,10H,2-6H2,1H3. The molecule has 0 aliphatic carbocycles. The SMILES string of the molecule is CCOC(=O)C1CC2(CNC2)CO1. The summed E-state index contributed by atoms with van der Waals surface area (Å²) in [6.07, 6.45) is 0.501. The molecule has 2 heterocycles. The van der Waals surface area contributed by atoms with Crippen LogP contribution in [0.3, 0.4) is 0 Å². The second-order valence-corrected chi connectivity index (χ2v) is 3.86. The van der Waals surface area contributed by atoms with Crippen LogP contribution in [-0.4, -0.2) is 38.4 Å². The molecule has 1 unspecified atom stereocenters. The molecule has 0 aromatic carbocycles. The van der Waals surface area contributed by atoms with E-state index in [9.17, 15) is 4.79 Å². The second-order valence-electron chi connectivity index (χ2n) is 3.86. The molecule has 0 aromatic rings. The van der Waals surface area contributed by atoms with Gasteiger partial charge in [-0.25, -0.2) is 4.79 Å². The molecule has 1 N–H and O–H groups in total. The van der Waals surface area contributed by atoms with Crippen molar-refractivity contribution in [3.8, 4) is 0 Å². The molecule has 0 aromatic heterocycles. The van der Waals surface area contributed by atoms with E-state index < -0.39 is 0 Å². The number of rotatable bonds is 2. The molecule has 2 aliphatic rings. The van der Waals surface area contributed by atoms with Gasteiger partial charge in [0.1, 0.15) is 0 Å². The van der Waals surface area contributed by atoms with Crippen molar-refractivity contribution in [1.82, 2.24) is 5.32 Å². The van der Waals surface area contributed by atoms with Gasteiger partial charge in [-0.1, -0.05) is 0 Å². The van der Waals surface area contributed by atoms with E-state index in [2.05, 4.69) is 5.32 Å². The number of carbonyl (C=O) groups excluding carboxylic acids is 1. The van der Waals surface area contributed by atoms with Crippen LogP contribution in [0, 0.1) is 5.41 Å². The summed E-state index contributed by atoms with van der Waals surface area (Å²) in [5.74, 6) is -0.203. The first-order valence-corrected chi connectivity index (χ1v) is 4.75. The molecule has 2 aliphatic heterocycles. The van der Waals surface area contributed by atoms with E-state index in [-0.39, 0.29) is 17.5 Å². The highest BCUT2D eigenvalue weighted by molar-refractivity contribution is 5.75. The largest absolute Gasteiger partial charge is 0.464 e. The Morgan fingerprint density at radius 2 is 2.46 bits per heavy atom. The van der Waals surface area contributed by atoms with Gasteiger partial charge in [0.15, 0.2) is 6.10 Å². The predicted octanol–water partition coefficient (Wildman–Crippen LogP) is -0.0720. The Balaban J connectivity index is 1.87. The van der Waals surface area contributed by atoms with Gasteiger partial charge in [0.05, 0.1) is 13.2 Å². The lowest BCUT2D eigenvalue weighted by Gasteiger charge is -2.37. The fourth-order valence-corrected chi connectivity index (χ4v) is 1.90. The minimum atomic E-state index is -0.318. The Hall–Kier alpha value is -0.610. The van der Waals surface area contributed by atoms with Crippen molar-refractivity contribution in [2.45, 2.75) is 19.4 Å². The molecule has 13 heavy (non-hydrogen) atoms. The number of ether oxygens (including phenoxy) is 2. The minimum absolute atomic E-state index is 0.203. The maximum atomic E-state index is 11.3. The first kappa shape index (κ1) is 8.97. The summed E-state index contributed by atoms with van der Waals surface area (Å²) in [4.78, 5) is 11.3. The first-order valence-electron chi connectivity index (χ1n) is 4.75. The lowest BCUT2D eigenvalue weighted by Crippen LogP contribution is -2.54. The maximum absolute atomic E-state index is 11.3. The highest BCUT2D eigenvalue weighted by Gasteiger charge is 2.47. The Morgan fingerprint density at radius 1 is 1.69 bits per heavy atom. The van der Waals surface area contributed by atoms with Gasteiger partial charge < -0.3 is 14.8 Å². The summed E-state index contributed by atoms with van der Waals surface area (Å²) in [5, 5.41) is 3.20. The highest BCUT2D eigenvalue weighted by Crippen LogP contribution is 2.36. The van der Waals surface area contributed by atoms with E-state index in [1.807, 2.05) is 6.92 Å². The molecule has 4 nitrogen and oxygen atoms in total. The molecule has 4 heteroatoms. The fraction of sp³-hybridized carbons (Fsp3) is 0.889. The van der Waals surface area contributed by atoms with Crippen LogP contribution in [-0.2, 0) is 14.3 Å². The Morgan fingerprint density at radius 3 is 2.92 bits per heavy atom. The lowest BCUT2D eigenvalue weighted by molar-refractivity contribution is -0.153. The number of hydrogen-bond acceptors (Lipinski definition) is 4. The summed E-state index contributed by atoms with van der Waals surface area (Å²) in [6.45, 7) is 4.90. The summed E-state index contributed by atoms with van der Waals surface area (Å²) < 4.78 is 10.3. The number of esters is 1. The van der Waals surface area contributed by atoms with Crippen molar-refractivity contribution in [3.63, 3.8) is 0 Å². The van der Waals surface area contributed by atoms with Crippen LogP contribution < -0.4 is 5.32 Å². The monoisotopic (exact) mass is 185 g/mol. The first-order chi connectivity index (χ1) is 6.26. The molecule has 0 saturated carbocycles. The molecule has 2 rings (SSSR count). The topological polar surface area (TPSA) is 47.6 Å². The van der Waals surface area contributed by atoms with E-state index in [1.54, 1.807) is 0 Å².